The quantitative estimate of drug-likeness (QED) is 0.494. The van der Waals surface area contributed by atoms with Crippen LogP contribution in [0.1, 0.15) is 12.8 Å². The van der Waals surface area contributed by atoms with Gasteiger partial charge in [0.25, 0.3) is 0 Å². The highest BCUT2D eigenvalue weighted by atomic mass is 16.6. The van der Waals surface area contributed by atoms with Gasteiger partial charge in [-0.15, -0.1) is 0 Å². The summed E-state index contributed by atoms with van der Waals surface area (Å²) in [5, 5.41) is 16.2. The fourth-order valence-electron chi connectivity index (χ4n) is 1.70. The fourth-order valence-corrected chi connectivity index (χ4v) is 1.70. The Bertz CT molecular complexity index is 491. The van der Waals surface area contributed by atoms with Gasteiger partial charge in [-0.05, 0) is 12.8 Å². The number of piperidine rings is 1. The molecule has 96 valence electrons. The summed E-state index contributed by atoms with van der Waals surface area (Å²) in [7, 11) is 0. The molecular formula is C9H12N6O3. The van der Waals surface area contributed by atoms with E-state index in [0.717, 1.165) is 12.6 Å². The maximum absolute atomic E-state index is 11.5. The van der Waals surface area contributed by atoms with Gasteiger partial charge >= 0.3 is 5.69 Å². The molecule has 1 aromatic rings. The topological polar surface area (TPSA) is 136 Å². The Kier molecular flexibility index (Phi) is 3.22. The Morgan fingerprint density at radius 3 is 3.06 bits per heavy atom. The molecule has 1 unspecified atom stereocenters. The molecule has 9 heteroatoms. The van der Waals surface area contributed by atoms with Crippen molar-refractivity contribution >= 4 is 23.4 Å². The Hall–Kier alpha value is -2.45. The molecule has 4 N–H and O–H groups in total. The number of nitro groups is 1. The highest BCUT2D eigenvalue weighted by Crippen LogP contribution is 2.23. The summed E-state index contributed by atoms with van der Waals surface area (Å²) in [6.07, 6.45) is 2.41. The van der Waals surface area contributed by atoms with Crippen LogP contribution in [0, 0.1) is 10.1 Å². The van der Waals surface area contributed by atoms with Crippen LogP contribution in [-0.4, -0.2) is 33.4 Å². The van der Waals surface area contributed by atoms with Gasteiger partial charge in [0.2, 0.25) is 17.7 Å². The van der Waals surface area contributed by atoms with Gasteiger partial charge in [-0.1, -0.05) is 0 Å². The Labute approximate surface area is 102 Å². The summed E-state index contributed by atoms with van der Waals surface area (Å²) in [5.74, 6) is -0.318. The second-order valence-electron chi connectivity index (χ2n) is 3.85. The molecule has 1 aliphatic rings. The molecule has 1 aliphatic heterocycles. The first-order valence-corrected chi connectivity index (χ1v) is 5.39. The monoisotopic (exact) mass is 252 g/mol. The van der Waals surface area contributed by atoms with Crippen LogP contribution in [0.2, 0.25) is 0 Å². The van der Waals surface area contributed by atoms with E-state index in [9.17, 15) is 14.9 Å². The smallest absolute Gasteiger partial charge is 0.329 e. The van der Waals surface area contributed by atoms with E-state index in [1.54, 1.807) is 0 Å². The third kappa shape index (κ3) is 2.44. The van der Waals surface area contributed by atoms with E-state index in [1.165, 1.54) is 0 Å². The average Bonchev–Trinajstić information content (AvgIpc) is 2.32. The second-order valence-corrected chi connectivity index (χ2v) is 3.85. The van der Waals surface area contributed by atoms with E-state index in [1.807, 2.05) is 0 Å². The number of carbonyl (C=O) groups is 1. The van der Waals surface area contributed by atoms with E-state index in [4.69, 9.17) is 5.73 Å². The summed E-state index contributed by atoms with van der Waals surface area (Å²) >= 11 is 0. The summed E-state index contributed by atoms with van der Waals surface area (Å²) < 4.78 is 0. The number of aromatic nitrogens is 2. The lowest BCUT2D eigenvalue weighted by Crippen LogP contribution is -2.44. The first kappa shape index (κ1) is 12.0. The largest absolute Gasteiger partial charge is 0.368 e. The maximum atomic E-state index is 11.5. The molecule has 0 aromatic carbocycles. The maximum Gasteiger partial charge on any atom is 0.329 e. The SMILES string of the molecule is Nc1ncc([N+](=O)[O-])c(NC2CCCNC2=O)n1. The molecule has 0 aliphatic carbocycles. The number of carbonyl (C=O) groups excluding carboxylic acids is 1. The van der Waals surface area contributed by atoms with E-state index in [0.29, 0.717) is 13.0 Å². The molecule has 1 saturated heterocycles. The zero-order valence-corrected chi connectivity index (χ0v) is 9.42. The highest BCUT2D eigenvalue weighted by molar-refractivity contribution is 5.85. The van der Waals surface area contributed by atoms with Gasteiger partial charge in [-0.3, -0.25) is 14.9 Å². The van der Waals surface area contributed by atoms with Crippen LogP contribution in [-0.2, 0) is 4.79 Å². The minimum Gasteiger partial charge on any atom is -0.368 e. The molecule has 0 radical (unpaired) electrons. The number of nitrogens with two attached hydrogens (primary N) is 1. The van der Waals surface area contributed by atoms with Crippen molar-refractivity contribution in [2.24, 2.45) is 0 Å². The fraction of sp³-hybridized carbons (Fsp3) is 0.444. The van der Waals surface area contributed by atoms with Crippen LogP contribution in [0.5, 0.6) is 0 Å². The number of nitrogens with zero attached hydrogens (tertiary/aromatic N) is 3. The van der Waals surface area contributed by atoms with Gasteiger partial charge in [0, 0.05) is 6.54 Å². The number of amides is 1. The van der Waals surface area contributed by atoms with E-state index >= 15 is 0 Å². The average molecular weight is 252 g/mol. The van der Waals surface area contributed by atoms with Crippen LogP contribution in [0.4, 0.5) is 17.5 Å². The third-order valence-electron chi connectivity index (χ3n) is 2.58. The Morgan fingerprint density at radius 1 is 1.61 bits per heavy atom. The molecule has 1 atom stereocenters. The van der Waals surface area contributed by atoms with E-state index in [-0.39, 0.29) is 23.4 Å². The molecular weight excluding hydrogens is 240 g/mol. The molecule has 0 spiro atoms. The molecule has 0 bridgehead atoms. The van der Waals surface area contributed by atoms with E-state index < -0.39 is 11.0 Å². The Balaban J connectivity index is 2.24. The summed E-state index contributed by atoms with van der Waals surface area (Å²) in [6.45, 7) is 0.616. The lowest BCUT2D eigenvalue weighted by molar-refractivity contribution is -0.384. The normalized spacial score (nSPS) is 19.1. The Morgan fingerprint density at radius 2 is 2.39 bits per heavy atom. The van der Waals surface area contributed by atoms with Crippen molar-refractivity contribution in [1.29, 1.82) is 0 Å². The molecule has 18 heavy (non-hydrogen) atoms. The number of rotatable bonds is 3. The predicted molar refractivity (Wildman–Crippen MR) is 62.8 cm³/mol. The number of nitrogens with one attached hydrogen (secondary N) is 2. The van der Waals surface area contributed by atoms with Crippen LogP contribution in [0.15, 0.2) is 6.20 Å². The molecule has 1 amide bonds. The van der Waals surface area contributed by atoms with Gasteiger partial charge in [-0.2, -0.15) is 4.98 Å². The van der Waals surface area contributed by atoms with Gasteiger partial charge < -0.3 is 16.4 Å². The lowest BCUT2D eigenvalue weighted by Gasteiger charge is -2.22. The predicted octanol–water partition coefficient (Wildman–Crippen LogP) is -0.343. The number of hydrogen-bond donors (Lipinski definition) is 3. The van der Waals surface area contributed by atoms with Crippen molar-refractivity contribution in [2.75, 3.05) is 17.6 Å². The van der Waals surface area contributed by atoms with Crippen LogP contribution < -0.4 is 16.4 Å². The van der Waals surface area contributed by atoms with Gasteiger partial charge in [0.05, 0.1) is 4.92 Å². The first-order valence-electron chi connectivity index (χ1n) is 5.39. The van der Waals surface area contributed by atoms with Crippen molar-refractivity contribution < 1.29 is 9.72 Å². The van der Waals surface area contributed by atoms with Gasteiger partial charge in [0.1, 0.15) is 12.2 Å². The number of anilines is 2. The van der Waals surface area contributed by atoms with Crippen molar-refractivity contribution in [2.45, 2.75) is 18.9 Å². The summed E-state index contributed by atoms with van der Waals surface area (Å²) in [4.78, 5) is 29.0. The molecule has 0 saturated carbocycles. The summed E-state index contributed by atoms with van der Waals surface area (Å²) in [6, 6.07) is -0.535. The molecule has 2 rings (SSSR count). The number of hydrogen-bond acceptors (Lipinski definition) is 7. The number of nitrogen functional groups attached to an aromatic ring is 1. The van der Waals surface area contributed by atoms with Gasteiger partial charge in [0.15, 0.2) is 0 Å². The van der Waals surface area contributed by atoms with Crippen molar-refractivity contribution in [3.63, 3.8) is 0 Å². The van der Waals surface area contributed by atoms with Crippen molar-refractivity contribution in [3.8, 4) is 0 Å². The van der Waals surface area contributed by atoms with Crippen LogP contribution >= 0.6 is 0 Å². The molecule has 1 aromatic heterocycles. The molecule has 2 heterocycles. The van der Waals surface area contributed by atoms with E-state index in [2.05, 4.69) is 20.6 Å². The van der Waals surface area contributed by atoms with Crippen LogP contribution in [0.25, 0.3) is 0 Å². The second kappa shape index (κ2) is 4.82. The van der Waals surface area contributed by atoms with Crippen molar-refractivity contribution in [3.05, 3.63) is 16.3 Å². The third-order valence-corrected chi connectivity index (χ3v) is 2.58. The molecule has 9 nitrogen and oxygen atoms in total. The zero-order valence-electron chi connectivity index (χ0n) is 9.42. The zero-order chi connectivity index (χ0) is 13.1. The first-order chi connectivity index (χ1) is 8.58. The molecule has 1 fully saturated rings. The summed E-state index contributed by atoms with van der Waals surface area (Å²) in [5.41, 5.74) is 5.08. The standard InChI is InChI=1S/C9H12N6O3/c10-9-12-4-6(15(17)18)7(14-9)13-5-2-1-3-11-8(5)16/h4-5H,1-3H2,(H,11,16)(H3,10,12,13,14). The highest BCUT2D eigenvalue weighted by Gasteiger charge is 2.26. The van der Waals surface area contributed by atoms with Crippen LogP contribution in [0.3, 0.4) is 0 Å². The van der Waals surface area contributed by atoms with Crippen molar-refractivity contribution in [1.82, 2.24) is 15.3 Å². The minimum absolute atomic E-state index is 0.0328. The lowest BCUT2D eigenvalue weighted by atomic mass is 10.1. The minimum atomic E-state index is -0.623. The van der Waals surface area contributed by atoms with Gasteiger partial charge in [-0.25, -0.2) is 4.98 Å².